The summed E-state index contributed by atoms with van der Waals surface area (Å²) in [7, 11) is -3.94. The largest absolute Gasteiger partial charge is 0.325 e. The number of carbonyl (C=O) groups excluding carboxylic acids is 1. The smallest absolute Gasteiger partial charge is 0.243 e. The van der Waals surface area contributed by atoms with E-state index in [-0.39, 0.29) is 23.9 Å². The average Bonchev–Trinajstić information content (AvgIpc) is 2.69. The number of piperazine rings is 1. The van der Waals surface area contributed by atoms with Gasteiger partial charge in [0.15, 0.2) is 11.6 Å². The third kappa shape index (κ3) is 4.92. The molecule has 1 fully saturated rings. The van der Waals surface area contributed by atoms with Crippen LogP contribution >= 0.6 is 11.6 Å². The van der Waals surface area contributed by atoms with Crippen molar-refractivity contribution in [1.29, 1.82) is 0 Å². The van der Waals surface area contributed by atoms with E-state index in [1.807, 2.05) is 4.90 Å². The van der Waals surface area contributed by atoms with E-state index in [2.05, 4.69) is 5.32 Å². The minimum Gasteiger partial charge on any atom is -0.325 e. The highest BCUT2D eigenvalue weighted by molar-refractivity contribution is 7.89. The molecule has 3 rings (SSSR count). The molecule has 1 aliphatic heterocycles. The number of carbonyl (C=O) groups is 1. The molecule has 1 heterocycles. The fourth-order valence-electron chi connectivity index (χ4n) is 3.10. The van der Waals surface area contributed by atoms with Crippen molar-refractivity contribution in [2.45, 2.75) is 17.9 Å². The van der Waals surface area contributed by atoms with Gasteiger partial charge in [0.1, 0.15) is 0 Å². The van der Waals surface area contributed by atoms with Gasteiger partial charge in [-0.25, -0.2) is 17.2 Å². The molecule has 1 saturated heterocycles. The lowest BCUT2D eigenvalue weighted by Crippen LogP contribution is -2.53. The number of nitrogens with zero attached hydrogens (tertiary/aromatic N) is 2. The number of hydrogen-bond acceptors (Lipinski definition) is 4. The minimum atomic E-state index is -3.94. The lowest BCUT2D eigenvalue weighted by molar-refractivity contribution is -0.121. The molecule has 1 unspecified atom stereocenters. The number of rotatable bonds is 5. The fourth-order valence-corrected chi connectivity index (χ4v) is 4.72. The minimum absolute atomic E-state index is 0.135. The topological polar surface area (TPSA) is 69.7 Å². The van der Waals surface area contributed by atoms with E-state index in [1.54, 1.807) is 31.2 Å². The third-order valence-electron chi connectivity index (χ3n) is 4.82. The number of halogens is 3. The summed E-state index contributed by atoms with van der Waals surface area (Å²) in [4.78, 5) is 14.1. The Hall–Kier alpha value is -2.07. The van der Waals surface area contributed by atoms with Crippen LogP contribution in [0.15, 0.2) is 47.4 Å². The van der Waals surface area contributed by atoms with Crippen LogP contribution in [0.4, 0.5) is 14.5 Å². The highest BCUT2D eigenvalue weighted by Crippen LogP contribution is 2.21. The maximum Gasteiger partial charge on any atom is 0.243 e. The Balaban J connectivity index is 1.61. The maximum atomic E-state index is 13.4. The van der Waals surface area contributed by atoms with E-state index >= 15 is 0 Å². The monoisotopic (exact) mass is 443 g/mol. The first-order valence-corrected chi connectivity index (χ1v) is 10.8. The quantitative estimate of drug-likeness (QED) is 0.771. The van der Waals surface area contributed by atoms with Gasteiger partial charge in [-0.3, -0.25) is 9.69 Å². The standard InChI is InChI=1S/C19H20ClF2N3O3S/c1-13(19(26)23-15-4-2-3-14(20)11-15)24-7-9-25(10-8-24)29(27,28)16-5-6-17(21)18(22)12-16/h2-6,11-13H,7-10H2,1H3,(H,23,26). The zero-order valence-corrected chi connectivity index (χ0v) is 17.2. The molecular formula is C19H20ClF2N3O3S. The van der Waals surface area contributed by atoms with Gasteiger partial charge in [0.05, 0.1) is 10.9 Å². The average molecular weight is 444 g/mol. The number of benzene rings is 2. The molecular weight excluding hydrogens is 424 g/mol. The molecule has 0 radical (unpaired) electrons. The van der Waals surface area contributed by atoms with Gasteiger partial charge in [-0.05, 0) is 43.3 Å². The molecule has 0 saturated carbocycles. The van der Waals surface area contributed by atoms with Crippen LogP contribution in [0, 0.1) is 11.6 Å². The van der Waals surface area contributed by atoms with Crippen molar-refractivity contribution in [3.8, 4) is 0 Å². The molecule has 10 heteroatoms. The van der Waals surface area contributed by atoms with Crippen molar-refractivity contribution in [2.24, 2.45) is 0 Å². The molecule has 156 valence electrons. The highest BCUT2D eigenvalue weighted by atomic mass is 35.5. The number of nitrogens with one attached hydrogen (secondary N) is 1. The van der Waals surface area contributed by atoms with Crippen molar-refractivity contribution in [1.82, 2.24) is 9.21 Å². The fraction of sp³-hybridized carbons (Fsp3) is 0.316. The van der Waals surface area contributed by atoms with Crippen LogP contribution in [0.5, 0.6) is 0 Å². The van der Waals surface area contributed by atoms with Crippen LogP contribution in [0.3, 0.4) is 0 Å². The van der Waals surface area contributed by atoms with Gasteiger partial charge < -0.3 is 5.32 Å². The molecule has 0 bridgehead atoms. The maximum absolute atomic E-state index is 13.4. The van der Waals surface area contributed by atoms with Crippen molar-refractivity contribution >= 4 is 33.2 Å². The van der Waals surface area contributed by atoms with Crippen LogP contribution in [0.1, 0.15) is 6.92 Å². The van der Waals surface area contributed by atoms with Crippen LogP contribution in [0.25, 0.3) is 0 Å². The summed E-state index contributed by atoms with van der Waals surface area (Å²) >= 11 is 5.92. The van der Waals surface area contributed by atoms with Gasteiger partial charge in [-0.2, -0.15) is 4.31 Å². The summed E-state index contributed by atoms with van der Waals surface area (Å²) in [6.07, 6.45) is 0. The van der Waals surface area contributed by atoms with E-state index in [1.165, 1.54) is 4.31 Å². The van der Waals surface area contributed by atoms with E-state index in [0.29, 0.717) is 29.9 Å². The molecule has 2 aromatic rings. The van der Waals surface area contributed by atoms with Crippen molar-refractivity contribution in [2.75, 3.05) is 31.5 Å². The summed E-state index contributed by atoms with van der Waals surface area (Å²) in [5.74, 6) is -2.55. The second kappa shape index (κ2) is 8.74. The predicted molar refractivity (Wildman–Crippen MR) is 106 cm³/mol. The third-order valence-corrected chi connectivity index (χ3v) is 6.95. The summed E-state index contributed by atoms with van der Waals surface area (Å²) in [6.45, 7) is 2.66. The van der Waals surface area contributed by atoms with Crippen LogP contribution in [-0.2, 0) is 14.8 Å². The summed E-state index contributed by atoms with van der Waals surface area (Å²) in [5, 5.41) is 3.29. The summed E-state index contributed by atoms with van der Waals surface area (Å²) in [5.41, 5.74) is 0.578. The predicted octanol–water partition coefficient (Wildman–Crippen LogP) is 2.95. The lowest BCUT2D eigenvalue weighted by atomic mass is 10.2. The van der Waals surface area contributed by atoms with Crippen LogP contribution < -0.4 is 5.32 Å². The van der Waals surface area contributed by atoms with Crippen molar-refractivity contribution in [3.05, 3.63) is 59.1 Å². The van der Waals surface area contributed by atoms with E-state index in [4.69, 9.17) is 11.6 Å². The molecule has 1 N–H and O–H groups in total. The second-order valence-corrected chi connectivity index (χ2v) is 9.07. The van der Waals surface area contributed by atoms with Gasteiger partial charge in [0, 0.05) is 36.9 Å². The molecule has 2 aromatic carbocycles. The number of sulfonamides is 1. The first-order chi connectivity index (χ1) is 13.7. The molecule has 29 heavy (non-hydrogen) atoms. The molecule has 1 atom stereocenters. The Morgan fingerprint density at radius 1 is 1.07 bits per heavy atom. The Kier molecular flexibility index (Phi) is 6.52. The molecule has 0 aliphatic carbocycles. The Bertz CT molecular complexity index is 1010. The van der Waals surface area contributed by atoms with Crippen LogP contribution in [-0.4, -0.2) is 55.8 Å². The second-order valence-electron chi connectivity index (χ2n) is 6.69. The van der Waals surface area contributed by atoms with Gasteiger partial charge in [-0.1, -0.05) is 17.7 Å². The van der Waals surface area contributed by atoms with E-state index in [9.17, 15) is 22.0 Å². The van der Waals surface area contributed by atoms with Crippen molar-refractivity contribution in [3.63, 3.8) is 0 Å². The van der Waals surface area contributed by atoms with Gasteiger partial charge in [-0.15, -0.1) is 0 Å². The highest BCUT2D eigenvalue weighted by Gasteiger charge is 2.32. The number of hydrogen-bond donors (Lipinski definition) is 1. The zero-order valence-electron chi connectivity index (χ0n) is 15.6. The van der Waals surface area contributed by atoms with E-state index < -0.39 is 27.7 Å². The van der Waals surface area contributed by atoms with Gasteiger partial charge in [0.25, 0.3) is 0 Å². The Morgan fingerprint density at radius 2 is 1.76 bits per heavy atom. The van der Waals surface area contributed by atoms with Gasteiger partial charge in [0.2, 0.25) is 15.9 Å². The summed E-state index contributed by atoms with van der Waals surface area (Å²) in [6, 6.07) is 8.82. The normalized spacial score (nSPS) is 17.1. The Morgan fingerprint density at radius 3 is 2.38 bits per heavy atom. The first-order valence-electron chi connectivity index (χ1n) is 8.94. The van der Waals surface area contributed by atoms with Crippen molar-refractivity contribution < 1.29 is 22.0 Å². The Labute approximate surface area is 173 Å². The molecule has 1 amide bonds. The first kappa shape index (κ1) is 21.6. The molecule has 0 spiro atoms. The van der Waals surface area contributed by atoms with E-state index in [0.717, 1.165) is 12.1 Å². The lowest BCUT2D eigenvalue weighted by Gasteiger charge is -2.36. The zero-order chi connectivity index (χ0) is 21.2. The van der Waals surface area contributed by atoms with Gasteiger partial charge >= 0.3 is 0 Å². The SMILES string of the molecule is CC(C(=O)Nc1cccc(Cl)c1)N1CCN(S(=O)(=O)c2ccc(F)c(F)c2)CC1. The number of amides is 1. The number of anilines is 1. The summed E-state index contributed by atoms with van der Waals surface area (Å²) < 4.78 is 53.0. The molecule has 0 aromatic heterocycles. The molecule has 6 nitrogen and oxygen atoms in total. The van der Waals surface area contributed by atoms with Crippen LogP contribution in [0.2, 0.25) is 5.02 Å². The molecule has 1 aliphatic rings.